The van der Waals surface area contributed by atoms with Crippen molar-refractivity contribution in [3.05, 3.63) is 71.9 Å². The van der Waals surface area contributed by atoms with Crippen molar-refractivity contribution in [1.82, 2.24) is 15.6 Å². The fourth-order valence-corrected chi connectivity index (χ4v) is 3.89. The molecule has 2 aromatic carbocycles. The number of halogens is 1. The zero-order valence-corrected chi connectivity index (χ0v) is 19.7. The Kier molecular flexibility index (Phi) is 7.58. The Bertz CT molecular complexity index is 1200. The van der Waals surface area contributed by atoms with E-state index in [2.05, 4.69) is 36.7 Å². The lowest BCUT2D eigenvalue weighted by Gasteiger charge is -2.19. The first-order valence-corrected chi connectivity index (χ1v) is 11.5. The van der Waals surface area contributed by atoms with E-state index in [-0.39, 0.29) is 37.3 Å². The molecule has 1 aliphatic heterocycles. The molecule has 0 saturated carbocycles. The highest BCUT2D eigenvalue weighted by Crippen LogP contribution is 2.15. The minimum atomic E-state index is -0.891. The van der Waals surface area contributed by atoms with Crippen LogP contribution in [0.3, 0.4) is 0 Å². The quantitative estimate of drug-likeness (QED) is 0.413. The highest BCUT2D eigenvalue weighted by Gasteiger charge is 2.25. The number of carbonyl (C=O) groups excluding carboxylic acids is 2. The monoisotopic (exact) mass is 526 g/mol. The van der Waals surface area contributed by atoms with E-state index in [1.807, 2.05) is 30.3 Å². The number of para-hydroxylation sites is 1. The van der Waals surface area contributed by atoms with Gasteiger partial charge in [0.05, 0.1) is 12.1 Å². The van der Waals surface area contributed by atoms with E-state index in [4.69, 9.17) is 9.57 Å². The number of nitrogens with zero attached hydrogens (tertiary/aromatic N) is 2. The van der Waals surface area contributed by atoms with Crippen LogP contribution in [-0.2, 0) is 27.4 Å². The Morgan fingerprint density at radius 3 is 2.74 bits per heavy atom. The van der Waals surface area contributed by atoms with Crippen LogP contribution < -0.4 is 10.6 Å². The zero-order valence-electron chi connectivity index (χ0n) is 18.1. The van der Waals surface area contributed by atoms with Gasteiger partial charge in [-0.05, 0) is 45.8 Å². The minimum Gasteiger partial charge on any atom is -0.508 e. The maximum atomic E-state index is 12.9. The van der Waals surface area contributed by atoms with Crippen molar-refractivity contribution in [3.63, 3.8) is 0 Å². The number of hydrogen-bond donors (Lipinski definition) is 3. The molecular weight excluding hydrogens is 504 g/mol. The molecule has 4 rings (SSSR count). The van der Waals surface area contributed by atoms with E-state index in [0.29, 0.717) is 11.0 Å². The van der Waals surface area contributed by atoms with Crippen molar-refractivity contribution >= 4 is 43.5 Å². The van der Waals surface area contributed by atoms with Gasteiger partial charge in [0.15, 0.2) is 6.10 Å². The molecule has 1 aromatic heterocycles. The van der Waals surface area contributed by atoms with Crippen LogP contribution in [0.5, 0.6) is 5.75 Å². The summed E-state index contributed by atoms with van der Waals surface area (Å²) in [7, 11) is 0. The molecule has 34 heavy (non-hydrogen) atoms. The van der Waals surface area contributed by atoms with Gasteiger partial charge in [-0.25, -0.2) is 4.79 Å². The molecule has 0 radical (unpaired) electrons. The number of alkyl carbamates (subject to hydrolysis) is 1. The third-order valence-electron chi connectivity index (χ3n) is 5.20. The SMILES string of the molecule is O=C(N[C@@H](Cc1ccc(O)cc1)C(=O)NC[C@H]1CC(Br)=NO1)OCc1cnc2ccccc2c1. The Hall–Kier alpha value is -3.66. The van der Waals surface area contributed by atoms with Gasteiger partial charge < -0.3 is 25.3 Å². The fraction of sp³-hybridized carbons (Fsp3) is 0.250. The molecule has 0 aliphatic carbocycles. The topological polar surface area (TPSA) is 122 Å². The van der Waals surface area contributed by atoms with Crippen molar-refractivity contribution in [2.75, 3.05) is 6.54 Å². The van der Waals surface area contributed by atoms with Gasteiger partial charge in [-0.1, -0.05) is 35.5 Å². The first kappa shape index (κ1) is 23.5. The van der Waals surface area contributed by atoms with Gasteiger partial charge in [-0.15, -0.1) is 0 Å². The second-order valence-electron chi connectivity index (χ2n) is 7.82. The number of aromatic nitrogens is 1. The molecular formula is C24H23BrN4O5. The Labute approximate surface area is 204 Å². The molecule has 1 aliphatic rings. The van der Waals surface area contributed by atoms with E-state index in [9.17, 15) is 14.7 Å². The molecule has 2 amide bonds. The number of oxime groups is 1. The summed E-state index contributed by atoms with van der Waals surface area (Å²) in [6.07, 6.45) is 1.41. The number of aromatic hydroxyl groups is 1. The molecule has 0 unspecified atom stereocenters. The van der Waals surface area contributed by atoms with Crippen LogP contribution in [0.2, 0.25) is 0 Å². The largest absolute Gasteiger partial charge is 0.508 e. The number of pyridine rings is 1. The van der Waals surface area contributed by atoms with E-state index < -0.39 is 12.1 Å². The van der Waals surface area contributed by atoms with Crippen LogP contribution in [0.4, 0.5) is 4.79 Å². The second kappa shape index (κ2) is 11.0. The third kappa shape index (κ3) is 6.44. The lowest BCUT2D eigenvalue weighted by atomic mass is 10.0. The second-order valence-corrected chi connectivity index (χ2v) is 8.74. The number of nitrogens with one attached hydrogen (secondary N) is 2. The molecule has 0 fully saturated rings. The molecule has 0 saturated heterocycles. The van der Waals surface area contributed by atoms with Gasteiger partial charge in [-0.2, -0.15) is 0 Å². The molecule has 2 atom stereocenters. The first-order valence-electron chi connectivity index (χ1n) is 10.7. The van der Waals surface area contributed by atoms with Crippen LogP contribution in [-0.4, -0.2) is 45.4 Å². The Morgan fingerprint density at radius 2 is 1.97 bits per heavy atom. The zero-order chi connectivity index (χ0) is 23.9. The summed E-state index contributed by atoms with van der Waals surface area (Å²) < 4.78 is 6.03. The number of rotatable bonds is 8. The van der Waals surface area contributed by atoms with Gasteiger partial charge in [0.2, 0.25) is 5.91 Å². The van der Waals surface area contributed by atoms with Gasteiger partial charge in [0.25, 0.3) is 0 Å². The summed E-state index contributed by atoms with van der Waals surface area (Å²) in [5.41, 5.74) is 2.35. The van der Waals surface area contributed by atoms with Crippen LogP contribution in [0.25, 0.3) is 10.9 Å². The molecule has 176 valence electrons. The summed E-state index contributed by atoms with van der Waals surface area (Å²) >= 11 is 3.26. The molecule has 3 N–H and O–H groups in total. The Balaban J connectivity index is 1.36. The van der Waals surface area contributed by atoms with Crippen LogP contribution in [0, 0.1) is 0 Å². The summed E-state index contributed by atoms with van der Waals surface area (Å²) in [5, 5.41) is 19.7. The van der Waals surface area contributed by atoms with Crippen molar-refractivity contribution in [3.8, 4) is 5.75 Å². The number of fused-ring (bicyclic) bond motifs is 1. The number of benzene rings is 2. The van der Waals surface area contributed by atoms with Crippen molar-refractivity contribution in [2.24, 2.45) is 5.16 Å². The van der Waals surface area contributed by atoms with Crippen molar-refractivity contribution in [2.45, 2.75) is 31.6 Å². The number of amides is 2. The molecule has 9 nitrogen and oxygen atoms in total. The molecule has 2 heterocycles. The average Bonchev–Trinajstić information content (AvgIpc) is 3.27. The van der Waals surface area contributed by atoms with Crippen molar-refractivity contribution < 1.29 is 24.3 Å². The molecule has 3 aromatic rings. The van der Waals surface area contributed by atoms with E-state index in [0.717, 1.165) is 22.0 Å². The van der Waals surface area contributed by atoms with Crippen molar-refractivity contribution in [1.29, 1.82) is 0 Å². The molecule has 0 spiro atoms. The van der Waals surface area contributed by atoms with Gasteiger partial charge >= 0.3 is 6.09 Å². The maximum Gasteiger partial charge on any atom is 0.408 e. The highest BCUT2D eigenvalue weighted by atomic mass is 79.9. The number of hydrogen-bond acceptors (Lipinski definition) is 7. The molecule has 10 heteroatoms. The smallest absolute Gasteiger partial charge is 0.408 e. The summed E-state index contributed by atoms with van der Waals surface area (Å²) in [5.74, 6) is -0.269. The normalized spacial score (nSPS) is 15.8. The van der Waals surface area contributed by atoms with Gasteiger partial charge in [0, 0.05) is 30.0 Å². The van der Waals surface area contributed by atoms with E-state index in [1.165, 1.54) is 12.1 Å². The van der Waals surface area contributed by atoms with Crippen LogP contribution >= 0.6 is 15.9 Å². The van der Waals surface area contributed by atoms with E-state index in [1.54, 1.807) is 18.3 Å². The average molecular weight is 527 g/mol. The highest BCUT2D eigenvalue weighted by molar-refractivity contribution is 9.18. The van der Waals surface area contributed by atoms with Crippen LogP contribution in [0.1, 0.15) is 17.5 Å². The summed E-state index contributed by atoms with van der Waals surface area (Å²) in [6, 6.07) is 15.1. The minimum absolute atomic E-state index is 0.0124. The lowest BCUT2D eigenvalue weighted by molar-refractivity contribution is -0.123. The third-order valence-corrected chi connectivity index (χ3v) is 5.67. The van der Waals surface area contributed by atoms with Gasteiger partial charge in [-0.3, -0.25) is 9.78 Å². The number of carbonyl (C=O) groups is 2. The van der Waals surface area contributed by atoms with Crippen LogP contribution in [0.15, 0.2) is 65.9 Å². The predicted octanol–water partition coefficient (Wildman–Crippen LogP) is 3.39. The maximum absolute atomic E-state index is 12.9. The van der Waals surface area contributed by atoms with E-state index >= 15 is 0 Å². The first-order chi connectivity index (χ1) is 16.5. The standard InChI is InChI=1S/C24H23BrN4O5/c25-22-11-19(34-29-22)13-27-23(31)21(10-15-5-7-18(30)8-6-15)28-24(32)33-14-16-9-17-3-1-2-4-20(17)26-12-16/h1-9,12,19,21,30H,10-11,13-14H2,(H,27,31)(H,28,32)/t19-,21+/m1/s1. The lowest BCUT2D eigenvalue weighted by Crippen LogP contribution is -2.49. The molecule has 0 bridgehead atoms. The Morgan fingerprint density at radius 1 is 1.18 bits per heavy atom. The summed E-state index contributed by atoms with van der Waals surface area (Å²) in [6.45, 7) is 0.251. The number of phenolic OH excluding ortho intramolecular Hbond substituents is 1. The fourth-order valence-electron chi connectivity index (χ4n) is 3.45. The summed E-state index contributed by atoms with van der Waals surface area (Å²) in [4.78, 5) is 34.9. The predicted molar refractivity (Wildman–Crippen MR) is 130 cm³/mol. The van der Waals surface area contributed by atoms with Gasteiger partial charge in [0.1, 0.15) is 23.0 Å². The number of ether oxygens (including phenoxy) is 1. The number of phenols is 1.